The minimum Gasteiger partial charge on any atom is -0.323 e. The molecule has 0 saturated carbocycles. The van der Waals surface area contributed by atoms with Gasteiger partial charge in [-0.1, -0.05) is 59.4 Å². The van der Waals surface area contributed by atoms with Crippen molar-refractivity contribution in [2.45, 2.75) is 53.4 Å². The number of carbonyl (C=O) groups excluding carboxylic acids is 1. The lowest BCUT2D eigenvalue weighted by molar-refractivity contribution is -0.121. The number of fused-ring (bicyclic) bond motifs is 1. The maximum absolute atomic E-state index is 13.4. The molecular formula is C23H30FNO. The van der Waals surface area contributed by atoms with E-state index < -0.39 is 0 Å². The van der Waals surface area contributed by atoms with Crippen LogP contribution in [0.15, 0.2) is 42.3 Å². The van der Waals surface area contributed by atoms with Crippen molar-refractivity contribution >= 4 is 16.7 Å². The van der Waals surface area contributed by atoms with E-state index in [-0.39, 0.29) is 13.2 Å². The van der Waals surface area contributed by atoms with Gasteiger partial charge < -0.3 is 5.32 Å². The maximum Gasteiger partial charge on any atom is 0.224 e. The summed E-state index contributed by atoms with van der Waals surface area (Å²) in [5.41, 5.74) is 4.69. The van der Waals surface area contributed by atoms with Crippen molar-refractivity contribution in [3.63, 3.8) is 0 Å². The first-order chi connectivity index (χ1) is 12.4. The van der Waals surface area contributed by atoms with Gasteiger partial charge in [-0.15, -0.1) is 5.73 Å². The number of amides is 1. The maximum atomic E-state index is 13.4. The zero-order valence-electron chi connectivity index (χ0n) is 16.4. The van der Waals surface area contributed by atoms with Crippen LogP contribution in [0.5, 0.6) is 0 Å². The first-order valence-corrected chi connectivity index (χ1v) is 9.14. The molecule has 3 rings (SSSR count). The molecule has 1 heterocycles. The highest BCUT2D eigenvalue weighted by atomic mass is 19.1. The number of benzene rings is 1. The summed E-state index contributed by atoms with van der Waals surface area (Å²) in [6, 6.07) is 12.6. The first-order valence-electron chi connectivity index (χ1n) is 9.14. The second kappa shape index (κ2) is 10.4. The molecule has 1 fully saturated rings. The highest BCUT2D eigenvalue weighted by Gasteiger charge is 2.18. The summed E-state index contributed by atoms with van der Waals surface area (Å²) in [7, 11) is 0. The number of halogens is 1. The van der Waals surface area contributed by atoms with Crippen LogP contribution >= 0.6 is 0 Å². The lowest BCUT2D eigenvalue weighted by atomic mass is 9.97. The van der Waals surface area contributed by atoms with E-state index in [1.165, 1.54) is 6.07 Å². The fourth-order valence-electron chi connectivity index (χ4n) is 2.68. The summed E-state index contributed by atoms with van der Waals surface area (Å²) in [6.07, 6.45) is 1.55. The van der Waals surface area contributed by atoms with Gasteiger partial charge >= 0.3 is 0 Å². The van der Waals surface area contributed by atoms with Crippen LogP contribution in [-0.4, -0.2) is 5.91 Å². The number of piperidine rings is 1. The first kappa shape index (κ1) is 21.5. The molecule has 1 amide bonds. The highest BCUT2D eigenvalue weighted by molar-refractivity contribution is 5.85. The van der Waals surface area contributed by atoms with E-state index in [0.717, 1.165) is 23.1 Å². The van der Waals surface area contributed by atoms with Crippen molar-refractivity contribution in [3.05, 3.63) is 65.8 Å². The van der Waals surface area contributed by atoms with Crippen LogP contribution in [0.4, 0.5) is 4.39 Å². The molecule has 1 aliphatic rings. The van der Waals surface area contributed by atoms with E-state index >= 15 is 0 Å². The number of nitrogens with one attached hydrogen (secondary N) is 1. The molecule has 1 N–H and O–H groups in total. The van der Waals surface area contributed by atoms with E-state index in [0.29, 0.717) is 23.6 Å². The topological polar surface area (TPSA) is 29.1 Å². The van der Waals surface area contributed by atoms with Crippen molar-refractivity contribution < 1.29 is 10.6 Å². The zero-order valence-corrected chi connectivity index (χ0v) is 16.4. The summed E-state index contributed by atoms with van der Waals surface area (Å²) in [6.45, 7) is 13.7. The Morgan fingerprint density at radius 2 is 2.04 bits per heavy atom. The molecule has 2 aromatic rings. The Morgan fingerprint density at radius 3 is 2.62 bits per heavy atom. The Labute approximate surface area is 158 Å². The Hall–Kier alpha value is -2.56. The van der Waals surface area contributed by atoms with Gasteiger partial charge in [-0.25, -0.2) is 4.39 Å². The summed E-state index contributed by atoms with van der Waals surface area (Å²) < 4.78 is 13.4. The standard InChI is InChI=1S/C13H11F.C8H11NO.C2H6.H2/c1-9(2)10-7-8-13(14)12-6-4-3-5-11(10)12;1-3-7-6(2)4-5-8(10)9-7;1-2;/h4,6-9H,1-2H3;6H,1,4-5H2,2H3,(H,9,10);1-2H3;1H. The van der Waals surface area contributed by atoms with Gasteiger partial charge in [0, 0.05) is 24.5 Å². The molecule has 0 radical (unpaired) electrons. The normalized spacial score (nSPS) is 15.7. The van der Waals surface area contributed by atoms with E-state index in [1.54, 1.807) is 12.1 Å². The molecule has 1 unspecified atom stereocenters. The summed E-state index contributed by atoms with van der Waals surface area (Å²) in [5, 5.41) is 4.20. The predicted molar refractivity (Wildman–Crippen MR) is 108 cm³/mol. The van der Waals surface area contributed by atoms with Crippen LogP contribution < -0.4 is 5.32 Å². The molecule has 0 aromatic heterocycles. The van der Waals surface area contributed by atoms with Gasteiger partial charge in [0.25, 0.3) is 0 Å². The smallest absolute Gasteiger partial charge is 0.224 e. The average molecular weight is 355 g/mol. The Balaban J connectivity index is 0.000000463. The summed E-state index contributed by atoms with van der Waals surface area (Å²) in [4.78, 5) is 10.8. The van der Waals surface area contributed by atoms with E-state index in [2.05, 4.69) is 50.5 Å². The van der Waals surface area contributed by atoms with Crippen LogP contribution in [-0.2, 0) is 4.79 Å². The fraction of sp³-hybridized carbons (Fsp3) is 0.391. The highest BCUT2D eigenvalue weighted by Crippen LogP contribution is 2.25. The van der Waals surface area contributed by atoms with E-state index in [9.17, 15) is 9.18 Å². The third kappa shape index (κ3) is 5.48. The number of allylic oxidation sites excluding steroid dienone is 1. The van der Waals surface area contributed by atoms with Gasteiger partial charge in [-0.05, 0) is 36.1 Å². The Bertz CT molecular complexity index is 794. The van der Waals surface area contributed by atoms with E-state index in [4.69, 9.17) is 0 Å². The number of hydrogen-bond donors (Lipinski definition) is 1. The number of rotatable bonds is 1. The summed E-state index contributed by atoms with van der Waals surface area (Å²) >= 11 is 0. The molecule has 0 spiro atoms. The van der Waals surface area contributed by atoms with Crippen molar-refractivity contribution in [3.8, 4) is 0 Å². The van der Waals surface area contributed by atoms with Gasteiger partial charge in [-0.3, -0.25) is 4.79 Å². The zero-order chi connectivity index (χ0) is 19.7. The van der Waals surface area contributed by atoms with E-state index in [1.807, 2.05) is 19.9 Å². The van der Waals surface area contributed by atoms with Crippen LogP contribution in [0.1, 0.15) is 60.4 Å². The van der Waals surface area contributed by atoms with Crippen molar-refractivity contribution in [2.75, 3.05) is 0 Å². The quantitative estimate of drug-likeness (QED) is 0.608. The third-order valence-corrected chi connectivity index (χ3v) is 4.14. The molecule has 1 aliphatic heterocycles. The van der Waals surface area contributed by atoms with Crippen LogP contribution in [0.25, 0.3) is 10.8 Å². The van der Waals surface area contributed by atoms with Crippen molar-refractivity contribution in [1.82, 2.24) is 5.32 Å². The summed E-state index contributed by atoms with van der Waals surface area (Å²) in [5.74, 6) is 0.694. The van der Waals surface area contributed by atoms with Gasteiger partial charge in [0.15, 0.2) is 0 Å². The average Bonchev–Trinajstić information content (AvgIpc) is 2.66. The van der Waals surface area contributed by atoms with Gasteiger partial charge in [0.2, 0.25) is 5.91 Å². The lowest BCUT2D eigenvalue weighted by Crippen LogP contribution is -2.31. The second-order valence-electron chi connectivity index (χ2n) is 6.26. The minimum absolute atomic E-state index is 0. The largest absolute Gasteiger partial charge is 0.323 e. The molecule has 26 heavy (non-hydrogen) atoms. The molecule has 3 heteroatoms. The van der Waals surface area contributed by atoms with Crippen LogP contribution in [0.2, 0.25) is 0 Å². The molecule has 0 bridgehead atoms. The fourth-order valence-corrected chi connectivity index (χ4v) is 2.68. The monoisotopic (exact) mass is 355 g/mol. The van der Waals surface area contributed by atoms with Gasteiger partial charge in [0.1, 0.15) is 5.82 Å². The minimum atomic E-state index is -0.186. The number of hydrogen-bond acceptors (Lipinski definition) is 1. The molecule has 0 aliphatic carbocycles. The predicted octanol–water partition coefficient (Wildman–Crippen LogP) is 6.18. The van der Waals surface area contributed by atoms with Crippen LogP contribution in [0, 0.1) is 23.9 Å². The molecule has 1 saturated heterocycles. The lowest BCUT2D eigenvalue weighted by Gasteiger charge is -2.19. The molecular weight excluding hydrogens is 325 g/mol. The van der Waals surface area contributed by atoms with Crippen LogP contribution in [0.3, 0.4) is 0 Å². The Kier molecular flexibility index (Phi) is 8.62. The molecule has 2 nitrogen and oxygen atoms in total. The second-order valence-corrected chi connectivity index (χ2v) is 6.26. The van der Waals surface area contributed by atoms with Gasteiger partial charge in [-0.2, -0.15) is 0 Å². The van der Waals surface area contributed by atoms with Crippen molar-refractivity contribution in [2.24, 2.45) is 5.92 Å². The Morgan fingerprint density at radius 1 is 1.35 bits per heavy atom. The third-order valence-electron chi connectivity index (χ3n) is 4.14. The SMILES string of the molecule is C=C=C1NC(=O)CCC1C.CC.CC(C)c1ccc(F)c2ccc#cc12.[HH]. The molecule has 1 atom stereocenters. The molecule has 140 valence electrons. The molecule has 2 aromatic carbocycles. The van der Waals surface area contributed by atoms with Crippen molar-refractivity contribution in [1.29, 1.82) is 0 Å². The number of carbonyl (C=O) groups is 1. The van der Waals surface area contributed by atoms with Gasteiger partial charge in [0.05, 0.1) is 5.70 Å².